The Labute approximate surface area is 220 Å². The summed E-state index contributed by atoms with van der Waals surface area (Å²) in [5.74, 6) is -2.51. The molecule has 10 atom stereocenters. The molecule has 0 aromatic heterocycles. The maximum atomic E-state index is 13.0. The zero-order valence-electron chi connectivity index (χ0n) is 21.5. The molecular formula is C27H34O11. The van der Waals surface area contributed by atoms with Crippen LogP contribution in [0.5, 0.6) is 0 Å². The number of cyclic esters (lactones) is 2. The number of hydrogen-bond donors (Lipinski definition) is 2. The number of rotatable bonds is 1. The lowest BCUT2D eigenvalue weighted by Gasteiger charge is -2.58. The number of esters is 3. The minimum Gasteiger partial charge on any atom is -0.463 e. The third kappa shape index (κ3) is 3.55. The van der Waals surface area contributed by atoms with Gasteiger partial charge in [0.2, 0.25) is 0 Å². The van der Waals surface area contributed by atoms with E-state index in [1.807, 2.05) is 6.92 Å². The first-order valence-corrected chi connectivity index (χ1v) is 13.3. The predicted molar refractivity (Wildman–Crippen MR) is 126 cm³/mol. The van der Waals surface area contributed by atoms with Crippen molar-refractivity contribution >= 4 is 17.9 Å². The number of fused-ring (bicyclic) bond motifs is 2. The lowest BCUT2D eigenvalue weighted by Crippen LogP contribution is -2.69. The first-order chi connectivity index (χ1) is 18.1. The lowest BCUT2D eigenvalue weighted by molar-refractivity contribution is -0.253. The highest BCUT2D eigenvalue weighted by atomic mass is 16.7. The average Bonchev–Trinajstić information content (AvgIpc) is 3.81. The summed E-state index contributed by atoms with van der Waals surface area (Å²) >= 11 is 0. The van der Waals surface area contributed by atoms with E-state index in [1.54, 1.807) is 6.92 Å². The van der Waals surface area contributed by atoms with Crippen LogP contribution in [0.15, 0.2) is 24.3 Å². The van der Waals surface area contributed by atoms with Gasteiger partial charge in [-0.15, -0.1) is 0 Å². The molecule has 6 rings (SSSR count). The third-order valence-electron chi connectivity index (χ3n) is 10.1. The van der Waals surface area contributed by atoms with Crippen LogP contribution in [0.3, 0.4) is 0 Å². The monoisotopic (exact) mass is 534 g/mol. The second-order valence-electron chi connectivity index (χ2n) is 11.7. The predicted octanol–water partition coefficient (Wildman–Crippen LogP) is 0.354. The third-order valence-corrected chi connectivity index (χ3v) is 10.1. The first-order valence-electron chi connectivity index (χ1n) is 13.3. The summed E-state index contributed by atoms with van der Waals surface area (Å²) in [6.07, 6.45) is 3.53. The van der Waals surface area contributed by atoms with E-state index >= 15 is 0 Å². The molecule has 38 heavy (non-hydrogen) atoms. The topological polar surface area (TPSA) is 154 Å². The molecule has 0 aromatic carbocycles. The number of aliphatic hydroxyl groups excluding tert-OH is 2. The van der Waals surface area contributed by atoms with Crippen molar-refractivity contribution in [2.75, 3.05) is 26.4 Å². The van der Waals surface area contributed by atoms with E-state index in [2.05, 4.69) is 0 Å². The summed E-state index contributed by atoms with van der Waals surface area (Å²) in [5, 5.41) is 20.7. The molecule has 11 heteroatoms. The molecule has 0 aromatic rings. The van der Waals surface area contributed by atoms with Crippen LogP contribution in [0.2, 0.25) is 0 Å². The van der Waals surface area contributed by atoms with Gasteiger partial charge in [0.05, 0.1) is 37.4 Å². The number of aliphatic hydroxyl groups is 2. The Balaban J connectivity index is 1.38. The van der Waals surface area contributed by atoms with E-state index in [4.69, 9.17) is 28.4 Å². The molecule has 2 aliphatic carbocycles. The minimum absolute atomic E-state index is 0.00352. The molecule has 2 saturated carbocycles. The summed E-state index contributed by atoms with van der Waals surface area (Å²) in [4.78, 5) is 37.8. The van der Waals surface area contributed by atoms with Crippen LogP contribution in [0, 0.1) is 16.7 Å². The van der Waals surface area contributed by atoms with Crippen LogP contribution in [0.25, 0.3) is 0 Å². The Morgan fingerprint density at radius 1 is 1.00 bits per heavy atom. The molecule has 0 radical (unpaired) electrons. The molecule has 3 saturated heterocycles. The van der Waals surface area contributed by atoms with E-state index < -0.39 is 70.3 Å². The van der Waals surface area contributed by atoms with E-state index in [0.29, 0.717) is 25.9 Å². The van der Waals surface area contributed by atoms with Gasteiger partial charge < -0.3 is 38.6 Å². The molecule has 2 N–H and O–H groups in total. The molecule has 5 fully saturated rings. The number of epoxide rings is 2. The van der Waals surface area contributed by atoms with E-state index in [1.165, 1.54) is 24.3 Å². The maximum absolute atomic E-state index is 13.0. The Morgan fingerprint density at radius 2 is 1.74 bits per heavy atom. The highest BCUT2D eigenvalue weighted by Crippen LogP contribution is 2.75. The van der Waals surface area contributed by atoms with Crippen molar-refractivity contribution in [3.05, 3.63) is 24.3 Å². The zero-order chi connectivity index (χ0) is 26.9. The molecule has 4 aliphatic heterocycles. The van der Waals surface area contributed by atoms with Gasteiger partial charge in [0, 0.05) is 24.0 Å². The normalized spacial score (nSPS) is 51.8. The fourth-order valence-corrected chi connectivity index (χ4v) is 7.45. The molecule has 11 nitrogen and oxygen atoms in total. The average molecular weight is 535 g/mol. The Kier molecular flexibility index (Phi) is 6.04. The maximum Gasteiger partial charge on any atom is 0.335 e. The van der Waals surface area contributed by atoms with Gasteiger partial charge in [-0.3, -0.25) is 0 Å². The summed E-state index contributed by atoms with van der Waals surface area (Å²) in [5.41, 5.74) is -3.06. The van der Waals surface area contributed by atoms with Gasteiger partial charge in [-0.1, -0.05) is 26.0 Å². The van der Waals surface area contributed by atoms with Crippen molar-refractivity contribution in [1.82, 2.24) is 0 Å². The summed E-state index contributed by atoms with van der Waals surface area (Å²) < 4.78 is 35.7. The van der Waals surface area contributed by atoms with Gasteiger partial charge in [-0.2, -0.15) is 0 Å². The fraction of sp³-hybridized carbons (Fsp3) is 0.741. The highest BCUT2D eigenvalue weighted by molar-refractivity contribution is 5.84. The summed E-state index contributed by atoms with van der Waals surface area (Å²) in [6.45, 7) is 3.87. The molecule has 208 valence electrons. The largest absolute Gasteiger partial charge is 0.463 e. The summed E-state index contributed by atoms with van der Waals surface area (Å²) in [7, 11) is 0. The van der Waals surface area contributed by atoms with Gasteiger partial charge in [0.1, 0.15) is 30.0 Å². The van der Waals surface area contributed by atoms with Crippen LogP contribution in [0.1, 0.15) is 39.5 Å². The van der Waals surface area contributed by atoms with Crippen molar-refractivity contribution in [2.45, 2.75) is 81.3 Å². The fourth-order valence-electron chi connectivity index (χ4n) is 7.45. The smallest absolute Gasteiger partial charge is 0.335 e. The van der Waals surface area contributed by atoms with Crippen LogP contribution < -0.4 is 0 Å². The minimum atomic E-state index is -1.42. The molecule has 0 amide bonds. The zero-order valence-corrected chi connectivity index (χ0v) is 21.5. The van der Waals surface area contributed by atoms with Crippen LogP contribution >= 0.6 is 0 Å². The van der Waals surface area contributed by atoms with E-state index in [-0.39, 0.29) is 32.3 Å². The highest BCUT2D eigenvalue weighted by Gasteiger charge is 2.87. The second-order valence-corrected chi connectivity index (χ2v) is 11.7. The molecule has 6 aliphatic rings. The number of allylic oxidation sites excluding steroid dienone is 2. The van der Waals surface area contributed by atoms with Gasteiger partial charge in [0.15, 0.2) is 6.10 Å². The van der Waals surface area contributed by atoms with Crippen molar-refractivity contribution in [3.8, 4) is 0 Å². The van der Waals surface area contributed by atoms with Gasteiger partial charge in [-0.25, -0.2) is 14.4 Å². The van der Waals surface area contributed by atoms with Crippen molar-refractivity contribution < 1.29 is 53.0 Å². The van der Waals surface area contributed by atoms with E-state index in [0.717, 1.165) is 0 Å². The van der Waals surface area contributed by atoms with Gasteiger partial charge >= 0.3 is 17.9 Å². The van der Waals surface area contributed by atoms with E-state index in [9.17, 15) is 24.6 Å². The number of carbonyl (C=O) groups excluding carboxylic acids is 3. The van der Waals surface area contributed by atoms with Crippen molar-refractivity contribution in [1.29, 1.82) is 0 Å². The molecule has 10 unspecified atom stereocenters. The van der Waals surface area contributed by atoms with Gasteiger partial charge in [0.25, 0.3) is 0 Å². The Morgan fingerprint density at radius 3 is 2.45 bits per heavy atom. The lowest BCUT2D eigenvalue weighted by atomic mass is 9.50. The Bertz CT molecular complexity index is 1080. The number of hydrogen-bond acceptors (Lipinski definition) is 11. The van der Waals surface area contributed by atoms with Crippen molar-refractivity contribution in [3.63, 3.8) is 0 Å². The van der Waals surface area contributed by atoms with Gasteiger partial charge in [-0.05, 0) is 25.2 Å². The number of carbonyl (C=O) groups is 3. The quantitative estimate of drug-likeness (QED) is 0.272. The first kappa shape index (κ1) is 25.9. The Hall–Kier alpha value is -2.31. The van der Waals surface area contributed by atoms with Crippen LogP contribution in [-0.4, -0.2) is 96.3 Å². The summed E-state index contributed by atoms with van der Waals surface area (Å²) in [6, 6.07) is 0. The molecule has 2 bridgehead atoms. The standard InChI is InChI=1S/C27H34O11/c1-15-7-10-33-18(29)5-3-4-6-19(30)36-16-11-17-27(14-35-27)24(16,2)25(13-34-23(32)20(15)31)8-9-26(12-28)22(38-26)21(25)37-17/h3-6,15-17,20-22,28,31H,7-14H2,1-2H3/b5-3+,6-4+. The number of ether oxygens (including phenoxy) is 6. The second kappa shape index (κ2) is 8.85. The molecule has 2 spiro atoms. The molecule has 4 heterocycles. The van der Waals surface area contributed by atoms with Crippen LogP contribution in [-0.2, 0) is 42.8 Å². The van der Waals surface area contributed by atoms with Crippen molar-refractivity contribution in [2.24, 2.45) is 16.7 Å². The molecular weight excluding hydrogens is 500 g/mol. The SMILES string of the molecule is CC1CCOC(=O)/C=C/C=C/C(=O)OC2CC3OC4C5OC5(CO)CCC4(COC(=O)C1O)C2(C)C31CO1. The van der Waals surface area contributed by atoms with Crippen LogP contribution in [0.4, 0.5) is 0 Å².